The molecule has 28 heavy (non-hydrogen) atoms. The van der Waals surface area contributed by atoms with E-state index in [1.165, 1.54) is 82.0 Å². The Bertz CT molecular complexity index is 797. The minimum atomic E-state index is 0.126. The molecule has 3 heteroatoms. The van der Waals surface area contributed by atoms with Crippen LogP contribution < -0.4 is 0 Å². The fourth-order valence-electron chi connectivity index (χ4n) is 6.94. The van der Waals surface area contributed by atoms with Crippen LogP contribution in [0.1, 0.15) is 62.5 Å². The van der Waals surface area contributed by atoms with Crippen molar-refractivity contribution < 1.29 is 5.11 Å². The number of piperidine rings is 1. The highest BCUT2D eigenvalue weighted by atomic mass is 16.3. The molecule has 0 amide bonds. The fraction of sp³-hybridized carbons (Fsp3) is 0.680. The van der Waals surface area contributed by atoms with E-state index < -0.39 is 0 Å². The summed E-state index contributed by atoms with van der Waals surface area (Å²) >= 11 is 0. The lowest BCUT2D eigenvalue weighted by Gasteiger charge is -2.38. The Morgan fingerprint density at radius 2 is 1.89 bits per heavy atom. The summed E-state index contributed by atoms with van der Waals surface area (Å²) in [6, 6.07) is 6.18. The van der Waals surface area contributed by atoms with Gasteiger partial charge in [-0.15, -0.1) is 0 Å². The zero-order chi connectivity index (χ0) is 18.9. The topological polar surface area (TPSA) is 39.3 Å². The Morgan fingerprint density at radius 1 is 1.00 bits per heavy atom. The quantitative estimate of drug-likeness (QED) is 0.682. The molecule has 3 nitrogen and oxygen atoms in total. The minimum Gasteiger partial charge on any atom is -0.392 e. The summed E-state index contributed by atoms with van der Waals surface area (Å²) in [4.78, 5) is 6.15. The number of hydrogen-bond donors (Lipinski definition) is 2. The van der Waals surface area contributed by atoms with Gasteiger partial charge < -0.3 is 15.0 Å². The molecule has 3 aliphatic rings. The Morgan fingerprint density at radius 3 is 2.82 bits per heavy atom. The van der Waals surface area contributed by atoms with E-state index in [9.17, 15) is 5.11 Å². The van der Waals surface area contributed by atoms with Gasteiger partial charge in [-0.3, -0.25) is 0 Å². The van der Waals surface area contributed by atoms with Gasteiger partial charge in [0.2, 0.25) is 0 Å². The summed E-state index contributed by atoms with van der Waals surface area (Å²) in [6.45, 7) is 4.11. The number of aromatic amines is 1. The van der Waals surface area contributed by atoms with E-state index in [1.54, 1.807) is 0 Å². The molecule has 0 radical (unpaired) electrons. The Labute approximate surface area is 169 Å². The number of fused-ring (bicyclic) bond motifs is 4. The monoisotopic (exact) mass is 380 g/mol. The van der Waals surface area contributed by atoms with Gasteiger partial charge in [0.05, 0.1) is 6.61 Å². The number of unbranched alkanes of at least 4 members (excludes halogenated alkanes) is 1. The molecule has 1 saturated heterocycles. The molecule has 1 aromatic carbocycles. The first kappa shape index (κ1) is 18.7. The van der Waals surface area contributed by atoms with Crippen molar-refractivity contribution in [2.24, 2.45) is 23.7 Å². The molecule has 4 unspecified atom stereocenters. The van der Waals surface area contributed by atoms with Crippen molar-refractivity contribution in [3.8, 4) is 0 Å². The second-order valence-electron chi connectivity index (χ2n) is 9.73. The third-order valence-electron chi connectivity index (χ3n) is 8.21. The molecule has 1 aromatic heterocycles. The van der Waals surface area contributed by atoms with Crippen LogP contribution in [0.25, 0.3) is 10.9 Å². The molecule has 152 valence electrons. The average Bonchev–Trinajstić information content (AvgIpc) is 3.32. The van der Waals surface area contributed by atoms with E-state index in [1.807, 2.05) is 12.1 Å². The van der Waals surface area contributed by atoms with Crippen molar-refractivity contribution in [1.29, 1.82) is 0 Å². The van der Waals surface area contributed by atoms with E-state index in [2.05, 4.69) is 22.1 Å². The number of nitrogens with zero attached hydrogens (tertiary/aromatic N) is 1. The second kappa shape index (κ2) is 8.20. The standard InChI is InChI=1S/C25H36N2O/c28-17-20-8-5-10-24-25(20)19(15-26-24)7-3-4-12-27-13-11-23-21(16-27)14-18-6-1-2-9-22(18)23/h5,8,10,15,18,21-23,26,28H,1-4,6-7,9,11-14,16-17H2. The SMILES string of the molecule is OCc1cccc2[nH]cc(CCCCN3CCC4C(CC5CCCCC54)C3)c12. The van der Waals surface area contributed by atoms with Crippen LogP contribution in [0.15, 0.2) is 24.4 Å². The van der Waals surface area contributed by atoms with Gasteiger partial charge in [0.25, 0.3) is 0 Å². The van der Waals surface area contributed by atoms with Crippen molar-refractivity contribution in [3.05, 3.63) is 35.5 Å². The molecule has 2 N–H and O–H groups in total. The van der Waals surface area contributed by atoms with Gasteiger partial charge in [-0.05, 0) is 92.5 Å². The van der Waals surface area contributed by atoms with Crippen molar-refractivity contribution in [1.82, 2.24) is 9.88 Å². The number of likely N-dealkylation sites (tertiary alicyclic amines) is 1. The molecule has 2 aromatic rings. The van der Waals surface area contributed by atoms with Crippen LogP contribution in [0.4, 0.5) is 0 Å². The molecule has 2 saturated carbocycles. The highest BCUT2D eigenvalue weighted by Crippen LogP contribution is 2.51. The van der Waals surface area contributed by atoms with Crippen molar-refractivity contribution in [3.63, 3.8) is 0 Å². The molecule has 0 spiro atoms. The molecule has 3 fully saturated rings. The first-order valence-electron chi connectivity index (χ1n) is 11.7. The van der Waals surface area contributed by atoms with Crippen molar-refractivity contribution >= 4 is 10.9 Å². The number of aryl methyl sites for hydroxylation is 1. The fourth-order valence-corrected chi connectivity index (χ4v) is 6.94. The predicted molar refractivity (Wildman–Crippen MR) is 115 cm³/mol. The maximum Gasteiger partial charge on any atom is 0.0688 e. The number of rotatable bonds is 6. The Kier molecular flexibility index (Phi) is 5.47. The summed E-state index contributed by atoms with van der Waals surface area (Å²) in [7, 11) is 0. The average molecular weight is 381 g/mol. The summed E-state index contributed by atoms with van der Waals surface area (Å²) in [6.07, 6.45) is 14.8. The molecule has 0 bridgehead atoms. The van der Waals surface area contributed by atoms with Gasteiger partial charge in [-0.25, -0.2) is 0 Å². The van der Waals surface area contributed by atoms with E-state index >= 15 is 0 Å². The highest BCUT2D eigenvalue weighted by Gasteiger charge is 2.45. The first-order valence-corrected chi connectivity index (χ1v) is 11.7. The lowest BCUT2D eigenvalue weighted by molar-refractivity contribution is 0.109. The molecular weight excluding hydrogens is 344 g/mol. The van der Waals surface area contributed by atoms with Gasteiger partial charge >= 0.3 is 0 Å². The van der Waals surface area contributed by atoms with Crippen LogP contribution in [0.5, 0.6) is 0 Å². The summed E-state index contributed by atoms with van der Waals surface area (Å²) in [5.41, 5.74) is 3.59. The van der Waals surface area contributed by atoms with Crippen molar-refractivity contribution in [2.75, 3.05) is 19.6 Å². The predicted octanol–water partition coefficient (Wildman–Crippen LogP) is 5.13. The number of H-pyrrole nitrogens is 1. The van der Waals surface area contributed by atoms with Gasteiger partial charge in [0, 0.05) is 23.6 Å². The summed E-state index contributed by atoms with van der Waals surface area (Å²) in [5.74, 6) is 4.22. The molecule has 1 aliphatic heterocycles. The molecule has 4 atom stereocenters. The van der Waals surface area contributed by atoms with Crippen LogP contribution in [0, 0.1) is 23.7 Å². The van der Waals surface area contributed by atoms with Crippen molar-refractivity contribution in [2.45, 2.75) is 64.4 Å². The van der Waals surface area contributed by atoms with Crippen LogP contribution in [0.3, 0.4) is 0 Å². The number of aliphatic hydroxyl groups excluding tert-OH is 1. The number of nitrogens with one attached hydrogen (secondary N) is 1. The van der Waals surface area contributed by atoms with Crippen LogP contribution in [0.2, 0.25) is 0 Å². The van der Waals surface area contributed by atoms with Crippen LogP contribution in [-0.2, 0) is 13.0 Å². The molecule has 2 heterocycles. The number of hydrogen-bond acceptors (Lipinski definition) is 2. The third-order valence-corrected chi connectivity index (χ3v) is 8.21. The zero-order valence-electron chi connectivity index (χ0n) is 17.2. The lowest BCUT2D eigenvalue weighted by atomic mass is 9.75. The van der Waals surface area contributed by atoms with E-state index in [0.717, 1.165) is 41.2 Å². The number of benzene rings is 1. The van der Waals surface area contributed by atoms with Crippen LogP contribution in [-0.4, -0.2) is 34.6 Å². The minimum absolute atomic E-state index is 0.126. The summed E-state index contributed by atoms with van der Waals surface area (Å²) in [5, 5.41) is 10.9. The first-order chi connectivity index (χ1) is 13.8. The molecule has 2 aliphatic carbocycles. The maximum absolute atomic E-state index is 9.65. The van der Waals surface area contributed by atoms with Gasteiger partial charge in [-0.2, -0.15) is 0 Å². The maximum atomic E-state index is 9.65. The van der Waals surface area contributed by atoms with E-state index in [0.29, 0.717) is 0 Å². The Hall–Kier alpha value is -1.32. The number of aromatic nitrogens is 1. The summed E-state index contributed by atoms with van der Waals surface area (Å²) < 4.78 is 0. The molecular formula is C25H36N2O. The zero-order valence-corrected chi connectivity index (χ0v) is 17.2. The number of aliphatic hydroxyl groups is 1. The van der Waals surface area contributed by atoms with E-state index in [-0.39, 0.29) is 6.61 Å². The van der Waals surface area contributed by atoms with Crippen LogP contribution >= 0.6 is 0 Å². The Balaban J connectivity index is 1.12. The van der Waals surface area contributed by atoms with Gasteiger partial charge in [0.15, 0.2) is 0 Å². The highest BCUT2D eigenvalue weighted by molar-refractivity contribution is 5.86. The largest absolute Gasteiger partial charge is 0.392 e. The van der Waals surface area contributed by atoms with Gasteiger partial charge in [-0.1, -0.05) is 31.4 Å². The molecule has 5 rings (SSSR count). The smallest absolute Gasteiger partial charge is 0.0688 e. The third kappa shape index (κ3) is 3.52. The normalized spacial score (nSPS) is 30.5. The lowest BCUT2D eigenvalue weighted by Crippen LogP contribution is -2.40. The van der Waals surface area contributed by atoms with E-state index in [4.69, 9.17) is 0 Å². The second-order valence-corrected chi connectivity index (χ2v) is 9.73. The van der Waals surface area contributed by atoms with Gasteiger partial charge in [0.1, 0.15) is 0 Å².